The molecule has 0 rings (SSSR count). The fraction of sp³-hybridized carbons (Fsp3) is 1.00. The zero-order chi connectivity index (χ0) is 11.0. The molecule has 2 heteroatoms. The fourth-order valence-corrected chi connectivity index (χ4v) is 1.85. The molecule has 0 heterocycles. The molecule has 0 spiro atoms. The Morgan fingerprint density at radius 3 is 2.00 bits per heavy atom. The van der Waals surface area contributed by atoms with Crippen LogP contribution < -0.4 is 0 Å². The number of methoxy groups -OCH3 is 2. The molecule has 86 valence electrons. The molecule has 0 aliphatic heterocycles. The first-order valence-corrected chi connectivity index (χ1v) is 5.71. The third kappa shape index (κ3) is 4.97. The van der Waals surface area contributed by atoms with Crippen molar-refractivity contribution in [2.75, 3.05) is 20.8 Å². The Labute approximate surface area is 89.0 Å². The van der Waals surface area contributed by atoms with E-state index in [1.807, 2.05) is 0 Å². The van der Waals surface area contributed by atoms with Gasteiger partial charge in [-0.1, -0.05) is 26.7 Å². The maximum atomic E-state index is 5.37. The van der Waals surface area contributed by atoms with Gasteiger partial charge in [0.15, 0.2) is 0 Å². The van der Waals surface area contributed by atoms with E-state index in [9.17, 15) is 0 Å². The molecule has 14 heavy (non-hydrogen) atoms. The van der Waals surface area contributed by atoms with Crippen molar-refractivity contribution >= 4 is 0 Å². The SMILES string of the molecule is CCC(CC)CC(COC)C(C)OC. The summed E-state index contributed by atoms with van der Waals surface area (Å²) in [5.41, 5.74) is 0. The van der Waals surface area contributed by atoms with Crippen LogP contribution in [0.25, 0.3) is 0 Å². The predicted molar refractivity (Wildman–Crippen MR) is 60.5 cm³/mol. The van der Waals surface area contributed by atoms with Crippen LogP contribution in [0, 0.1) is 11.8 Å². The van der Waals surface area contributed by atoms with E-state index >= 15 is 0 Å². The van der Waals surface area contributed by atoms with Gasteiger partial charge in [-0.25, -0.2) is 0 Å². The summed E-state index contributed by atoms with van der Waals surface area (Å²) in [5.74, 6) is 1.35. The maximum Gasteiger partial charge on any atom is 0.0593 e. The first-order valence-electron chi connectivity index (χ1n) is 5.71. The van der Waals surface area contributed by atoms with Crippen molar-refractivity contribution in [2.24, 2.45) is 11.8 Å². The van der Waals surface area contributed by atoms with Crippen LogP contribution in [0.5, 0.6) is 0 Å². The van der Waals surface area contributed by atoms with Gasteiger partial charge in [-0.3, -0.25) is 0 Å². The average Bonchev–Trinajstić information content (AvgIpc) is 2.23. The van der Waals surface area contributed by atoms with Crippen molar-refractivity contribution in [3.63, 3.8) is 0 Å². The number of rotatable bonds is 8. The van der Waals surface area contributed by atoms with E-state index in [0.717, 1.165) is 12.5 Å². The van der Waals surface area contributed by atoms with E-state index in [0.29, 0.717) is 12.0 Å². The van der Waals surface area contributed by atoms with E-state index in [1.165, 1.54) is 19.3 Å². The molecule has 0 fully saturated rings. The monoisotopic (exact) mass is 202 g/mol. The van der Waals surface area contributed by atoms with Gasteiger partial charge in [-0.05, 0) is 19.3 Å². The first kappa shape index (κ1) is 13.9. The minimum atomic E-state index is 0.301. The van der Waals surface area contributed by atoms with Crippen molar-refractivity contribution in [1.82, 2.24) is 0 Å². The molecule has 0 aromatic heterocycles. The van der Waals surface area contributed by atoms with Crippen LogP contribution >= 0.6 is 0 Å². The molecule has 2 unspecified atom stereocenters. The summed E-state index contributed by atoms with van der Waals surface area (Å²) in [6.07, 6.45) is 4.03. The highest BCUT2D eigenvalue weighted by atomic mass is 16.5. The molecule has 0 saturated carbocycles. The van der Waals surface area contributed by atoms with Gasteiger partial charge in [0.1, 0.15) is 0 Å². The number of hydrogen-bond donors (Lipinski definition) is 0. The summed E-state index contributed by atoms with van der Waals surface area (Å²) in [5, 5.41) is 0. The lowest BCUT2D eigenvalue weighted by molar-refractivity contribution is 0.0144. The van der Waals surface area contributed by atoms with E-state index < -0.39 is 0 Å². The Bertz CT molecular complexity index is 119. The van der Waals surface area contributed by atoms with Crippen LogP contribution in [-0.2, 0) is 9.47 Å². The second-order valence-electron chi connectivity index (χ2n) is 4.07. The lowest BCUT2D eigenvalue weighted by atomic mass is 9.88. The van der Waals surface area contributed by atoms with Crippen molar-refractivity contribution in [3.8, 4) is 0 Å². The second kappa shape index (κ2) is 8.25. The Morgan fingerprint density at radius 2 is 1.64 bits per heavy atom. The quantitative estimate of drug-likeness (QED) is 0.602. The van der Waals surface area contributed by atoms with Gasteiger partial charge < -0.3 is 9.47 Å². The average molecular weight is 202 g/mol. The van der Waals surface area contributed by atoms with Crippen LogP contribution in [0.2, 0.25) is 0 Å². The smallest absolute Gasteiger partial charge is 0.0593 e. The van der Waals surface area contributed by atoms with Crippen LogP contribution in [0.1, 0.15) is 40.0 Å². The van der Waals surface area contributed by atoms with Gasteiger partial charge in [0.25, 0.3) is 0 Å². The molecule has 0 bridgehead atoms. The Morgan fingerprint density at radius 1 is 1.07 bits per heavy atom. The van der Waals surface area contributed by atoms with Gasteiger partial charge in [0.2, 0.25) is 0 Å². The Hall–Kier alpha value is -0.0800. The number of ether oxygens (including phenoxy) is 2. The molecule has 0 radical (unpaired) electrons. The summed E-state index contributed by atoms with van der Waals surface area (Å²) < 4.78 is 10.6. The molecule has 2 nitrogen and oxygen atoms in total. The summed E-state index contributed by atoms with van der Waals surface area (Å²) in [6.45, 7) is 7.46. The zero-order valence-electron chi connectivity index (χ0n) is 10.4. The fourth-order valence-electron chi connectivity index (χ4n) is 1.85. The molecule has 0 aromatic rings. The summed E-state index contributed by atoms with van der Waals surface area (Å²) in [4.78, 5) is 0. The van der Waals surface area contributed by atoms with Crippen LogP contribution in [-0.4, -0.2) is 26.9 Å². The zero-order valence-corrected chi connectivity index (χ0v) is 10.4. The predicted octanol–water partition coefficient (Wildman–Crippen LogP) is 3.11. The van der Waals surface area contributed by atoms with Gasteiger partial charge in [-0.15, -0.1) is 0 Å². The largest absolute Gasteiger partial charge is 0.384 e. The maximum absolute atomic E-state index is 5.37. The summed E-state index contributed by atoms with van der Waals surface area (Å²) in [7, 11) is 3.54. The molecular weight excluding hydrogens is 176 g/mol. The van der Waals surface area contributed by atoms with Crippen LogP contribution in [0.4, 0.5) is 0 Å². The highest BCUT2D eigenvalue weighted by Gasteiger charge is 2.20. The van der Waals surface area contributed by atoms with Gasteiger partial charge >= 0.3 is 0 Å². The van der Waals surface area contributed by atoms with Crippen molar-refractivity contribution in [1.29, 1.82) is 0 Å². The molecular formula is C12H26O2. The first-order chi connectivity index (χ1) is 6.69. The minimum Gasteiger partial charge on any atom is -0.384 e. The van der Waals surface area contributed by atoms with Gasteiger partial charge in [0, 0.05) is 20.1 Å². The summed E-state index contributed by atoms with van der Waals surface area (Å²) >= 11 is 0. The molecule has 0 aromatic carbocycles. The highest BCUT2D eigenvalue weighted by molar-refractivity contribution is 4.70. The molecule has 2 atom stereocenters. The third-order valence-electron chi connectivity index (χ3n) is 3.21. The topological polar surface area (TPSA) is 18.5 Å². The molecule has 0 aliphatic carbocycles. The van der Waals surface area contributed by atoms with Crippen molar-refractivity contribution in [3.05, 3.63) is 0 Å². The standard InChI is InChI=1S/C12H26O2/c1-6-11(7-2)8-12(9-13-4)10(3)14-5/h10-12H,6-9H2,1-5H3. The lowest BCUT2D eigenvalue weighted by Crippen LogP contribution is -2.26. The molecule has 0 saturated heterocycles. The molecule has 0 aliphatic rings. The Kier molecular flexibility index (Phi) is 8.20. The van der Waals surface area contributed by atoms with E-state index in [4.69, 9.17) is 9.47 Å². The van der Waals surface area contributed by atoms with Gasteiger partial charge in [0.05, 0.1) is 12.7 Å². The van der Waals surface area contributed by atoms with Gasteiger partial charge in [-0.2, -0.15) is 0 Å². The van der Waals surface area contributed by atoms with Crippen LogP contribution in [0.3, 0.4) is 0 Å². The lowest BCUT2D eigenvalue weighted by Gasteiger charge is -2.25. The highest BCUT2D eigenvalue weighted by Crippen LogP contribution is 2.22. The Balaban J connectivity index is 4.05. The van der Waals surface area contributed by atoms with E-state index in [-0.39, 0.29) is 0 Å². The molecule has 0 amide bonds. The van der Waals surface area contributed by atoms with Crippen molar-refractivity contribution in [2.45, 2.75) is 46.1 Å². The molecule has 0 N–H and O–H groups in total. The normalized spacial score (nSPS) is 15.9. The van der Waals surface area contributed by atoms with E-state index in [2.05, 4.69) is 20.8 Å². The number of hydrogen-bond acceptors (Lipinski definition) is 2. The minimum absolute atomic E-state index is 0.301. The van der Waals surface area contributed by atoms with Crippen LogP contribution in [0.15, 0.2) is 0 Å². The van der Waals surface area contributed by atoms with E-state index in [1.54, 1.807) is 14.2 Å². The van der Waals surface area contributed by atoms with Crippen molar-refractivity contribution < 1.29 is 9.47 Å². The third-order valence-corrected chi connectivity index (χ3v) is 3.21. The summed E-state index contributed by atoms with van der Waals surface area (Å²) in [6, 6.07) is 0. The second-order valence-corrected chi connectivity index (χ2v) is 4.07.